The van der Waals surface area contributed by atoms with E-state index in [9.17, 15) is 9.90 Å². The Morgan fingerprint density at radius 3 is 2.68 bits per heavy atom. The number of aromatic carboxylic acids is 1. The standard InChI is InChI=1S/C15H16O3S/c1-2-6-12-9-13(14(19-12)15(16)17)18-10-11-7-4-3-5-8-11/h3-5,7-9H,2,6,10H2,1H3,(H,16,17). The first-order valence-corrected chi connectivity index (χ1v) is 7.05. The number of carboxylic acids is 1. The van der Waals surface area contributed by atoms with E-state index in [1.807, 2.05) is 36.4 Å². The third-order valence-corrected chi connectivity index (χ3v) is 3.84. The Balaban J connectivity index is 2.12. The molecule has 0 bridgehead atoms. The Morgan fingerprint density at radius 2 is 2.05 bits per heavy atom. The van der Waals surface area contributed by atoms with Crippen LogP contribution in [0.25, 0.3) is 0 Å². The number of aryl methyl sites for hydroxylation is 1. The van der Waals surface area contributed by atoms with Gasteiger partial charge in [0.25, 0.3) is 0 Å². The van der Waals surface area contributed by atoms with Gasteiger partial charge in [-0.3, -0.25) is 0 Å². The van der Waals surface area contributed by atoms with E-state index in [0.717, 1.165) is 23.3 Å². The van der Waals surface area contributed by atoms with Crippen LogP contribution in [0.1, 0.15) is 33.5 Å². The van der Waals surface area contributed by atoms with Gasteiger partial charge in [-0.1, -0.05) is 43.7 Å². The average Bonchev–Trinajstić information content (AvgIpc) is 2.81. The Morgan fingerprint density at radius 1 is 1.32 bits per heavy atom. The normalized spacial score (nSPS) is 10.4. The number of hydrogen-bond acceptors (Lipinski definition) is 3. The molecule has 2 rings (SSSR count). The summed E-state index contributed by atoms with van der Waals surface area (Å²) in [5.41, 5.74) is 1.03. The summed E-state index contributed by atoms with van der Waals surface area (Å²) in [5.74, 6) is -0.444. The Hall–Kier alpha value is -1.81. The van der Waals surface area contributed by atoms with Crippen molar-refractivity contribution < 1.29 is 14.6 Å². The van der Waals surface area contributed by atoms with Crippen LogP contribution in [0.15, 0.2) is 36.4 Å². The summed E-state index contributed by atoms with van der Waals surface area (Å²) in [7, 11) is 0. The maximum atomic E-state index is 11.2. The summed E-state index contributed by atoms with van der Waals surface area (Å²) >= 11 is 1.30. The number of rotatable bonds is 6. The largest absolute Gasteiger partial charge is 0.487 e. The van der Waals surface area contributed by atoms with E-state index in [1.165, 1.54) is 11.3 Å². The molecule has 0 radical (unpaired) electrons. The van der Waals surface area contributed by atoms with E-state index < -0.39 is 5.97 Å². The fraction of sp³-hybridized carbons (Fsp3) is 0.267. The zero-order chi connectivity index (χ0) is 13.7. The summed E-state index contributed by atoms with van der Waals surface area (Å²) in [6.45, 7) is 2.47. The van der Waals surface area contributed by atoms with Crippen molar-refractivity contribution in [2.24, 2.45) is 0 Å². The van der Waals surface area contributed by atoms with Gasteiger partial charge in [0.2, 0.25) is 0 Å². The predicted octanol–water partition coefficient (Wildman–Crippen LogP) is 3.98. The van der Waals surface area contributed by atoms with Crippen LogP contribution < -0.4 is 4.74 Å². The van der Waals surface area contributed by atoms with Crippen molar-refractivity contribution in [1.82, 2.24) is 0 Å². The zero-order valence-electron chi connectivity index (χ0n) is 10.8. The summed E-state index contributed by atoms with van der Waals surface area (Å²) in [4.78, 5) is 12.5. The van der Waals surface area contributed by atoms with Gasteiger partial charge in [0.05, 0.1) is 0 Å². The lowest BCUT2D eigenvalue weighted by molar-refractivity contribution is 0.0697. The lowest BCUT2D eigenvalue weighted by atomic mass is 10.2. The first-order valence-electron chi connectivity index (χ1n) is 6.23. The molecular formula is C15H16O3S. The molecule has 4 heteroatoms. The molecule has 0 spiro atoms. The minimum atomic E-state index is -0.921. The smallest absolute Gasteiger partial charge is 0.349 e. The van der Waals surface area contributed by atoms with Crippen LogP contribution >= 0.6 is 11.3 Å². The van der Waals surface area contributed by atoms with Gasteiger partial charge < -0.3 is 9.84 Å². The van der Waals surface area contributed by atoms with Gasteiger partial charge in [-0.25, -0.2) is 4.79 Å². The molecule has 1 aromatic carbocycles. The van der Waals surface area contributed by atoms with Crippen LogP contribution in [0.2, 0.25) is 0 Å². The van der Waals surface area contributed by atoms with E-state index in [1.54, 1.807) is 0 Å². The van der Waals surface area contributed by atoms with Gasteiger partial charge in [0.1, 0.15) is 12.4 Å². The van der Waals surface area contributed by atoms with E-state index in [0.29, 0.717) is 17.2 Å². The molecule has 2 aromatic rings. The highest BCUT2D eigenvalue weighted by Crippen LogP contribution is 2.31. The fourth-order valence-electron chi connectivity index (χ4n) is 1.78. The molecule has 3 nitrogen and oxygen atoms in total. The molecule has 0 aliphatic heterocycles. The molecule has 1 heterocycles. The van der Waals surface area contributed by atoms with Gasteiger partial charge in [0, 0.05) is 4.88 Å². The van der Waals surface area contributed by atoms with Gasteiger partial charge in [-0.05, 0) is 18.1 Å². The van der Waals surface area contributed by atoms with Crippen LogP contribution in [0.4, 0.5) is 0 Å². The molecule has 0 unspecified atom stereocenters. The SMILES string of the molecule is CCCc1cc(OCc2ccccc2)c(C(=O)O)s1. The highest BCUT2D eigenvalue weighted by Gasteiger charge is 2.16. The van der Waals surface area contributed by atoms with Gasteiger partial charge in [0.15, 0.2) is 4.88 Å². The molecule has 0 fully saturated rings. The summed E-state index contributed by atoms with van der Waals surface area (Å²) < 4.78 is 5.64. The van der Waals surface area contributed by atoms with Crippen molar-refractivity contribution in [2.45, 2.75) is 26.4 Å². The monoisotopic (exact) mass is 276 g/mol. The second kappa shape index (κ2) is 6.38. The van der Waals surface area contributed by atoms with Crippen LogP contribution in [0, 0.1) is 0 Å². The molecule has 1 N–H and O–H groups in total. The number of ether oxygens (including phenoxy) is 1. The highest BCUT2D eigenvalue weighted by molar-refractivity contribution is 7.14. The maximum Gasteiger partial charge on any atom is 0.349 e. The minimum absolute atomic E-state index is 0.291. The minimum Gasteiger partial charge on any atom is -0.487 e. The van der Waals surface area contributed by atoms with Crippen molar-refractivity contribution in [1.29, 1.82) is 0 Å². The molecule has 0 aliphatic carbocycles. The molecule has 0 aliphatic rings. The first-order chi connectivity index (χ1) is 9.20. The quantitative estimate of drug-likeness (QED) is 0.868. The van der Waals surface area contributed by atoms with Crippen molar-refractivity contribution in [3.63, 3.8) is 0 Å². The summed E-state index contributed by atoms with van der Waals surface area (Å²) in [6.07, 6.45) is 1.89. The van der Waals surface area contributed by atoms with E-state index in [4.69, 9.17) is 4.74 Å². The molecule has 19 heavy (non-hydrogen) atoms. The third-order valence-electron chi connectivity index (χ3n) is 2.68. The Labute approximate surface area is 116 Å². The second-order valence-corrected chi connectivity index (χ2v) is 5.37. The summed E-state index contributed by atoms with van der Waals surface area (Å²) in [5, 5.41) is 9.17. The van der Waals surface area contributed by atoms with E-state index >= 15 is 0 Å². The molecule has 100 valence electrons. The zero-order valence-corrected chi connectivity index (χ0v) is 11.6. The highest BCUT2D eigenvalue weighted by atomic mass is 32.1. The Kier molecular flexibility index (Phi) is 4.58. The van der Waals surface area contributed by atoms with Crippen LogP contribution in [-0.4, -0.2) is 11.1 Å². The van der Waals surface area contributed by atoms with Gasteiger partial charge >= 0.3 is 5.97 Å². The second-order valence-electron chi connectivity index (χ2n) is 4.24. The van der Waals surface area contributed by atoms with Crippen molar-refractivity contribution in [3.05, 3.63) is 51.7 Å². The average molecular weight is 276 g/mol. The molecule has 0 atom stereocenters. The lowest BCUT2D eigenvalue weighted by Crippen LogP contribution is -1.99. The maximum absolute atomic E-state index is 11.2. The number of thiophene rings is 1. The van der Waals surface area contributed by atoms with Crippen LogP contribution in [0.5, 0.6) is 5.75 Å². The number of benzene rings is 1. The van der Waals surface area contributed by atoms with E-state index in [-0.39, 0.29) is 0 Å². The topological polar surface area (TPSA) is 46.5 Å². The third kappa shape index (κ3) is 3.58. The molecule has 0 saturated carbocycles. The number of carboxylic acid groups (broad SMARTS) is 1. The van der Waals surface area contributed by atoms with Crippen LogP contribution in [-0.2, 0) is 13.0 Å². The van der Waals surface area contributed by atoms with Crippen molar-refractivity contribution >= 4 is 17.3 Å². The van der Waals surface area contributed by atoms with Crippen molar-refractivity contribution in [2.75, 3.05) is 0 Å². The predicted molar refractivity (Wildman–Crippen MR) is 76.0 cm³/mol. The van der Waals surface area contributed by atoms with E-state index in [2.05, 4.69) is 6.92 Å². The van der Waals surface area contributed by atoms with Gasteiger partial charge in [-0.2, -0.15) is 0 Å². The molecular weight excluding hydrogens is 260 g/mol. The fourth-order valence-corrected chi connectivity index (χ4v) is 2.82. The number of hydrogen-bond donors (Lipinski definition) is 1. The van der Waals surface area contributed by atoms with Crippen LogP contribution in [0.3, 0.4) is 0 Å². The molecule has 1 aromatic heterocycles. The Bertz CT molecular complexity index is 546. The van der Waals surface area contributed by atoms with Gasteiger partial charge in [-0.15, -0.1) is 11.3 Å². The lowest BCUT2D eigenvalue weighted by Gasteiger charge is -2.05. The number of carbonyl (C=O) groups is 1. The first kappa shape index (κ1) is 13.6. The molecule has 0 amide bonds. The summed E-state index contributed by atoms with van der Waals surface area (Å²) in [6, 6.07) is 11.6. The molecule has 0 saturated heterocycles. The van der Waals surface area contributed by atoms with Crippen molar-refractivity contribution in [3.8, 4) is 5.75 Å².